The summed E-state index contributed by atoms with van der Waals surface area (Å²) < 4.78 is 12.7. The van der Waals surface area contributed by atoms with Crippen molar-refractivity contribution in [2.75, 3.05) is 18.0 Å². The number of nitrogens with two attached hydrogens (primary N) is 1. The largest absolute Gasteiger partial charge is 0.371 e. The van der Waals surface area contributed by atoms with E-state index in [-0.39, 0.29) is 17.6 Å². The quantitative estimate of drug-likeness (QED) is 0.439. The van der Waals surface area contributed by atoms with Crippen LogP contribution >= 0.6 is 0 Å². The Morgan fingerprint density at radius 2 is 2.12 bits per heavy atom. The number of anilines is 1. The smallest absolute Gasteiger partial charge is 0.238 e. The Morgan fingerprint density at radius 3 is 2.75 bits per heavy atom. The van der Waals surface area contributed by atoms with E-state index < -0.39 is 0 Å². The molecule has 1 unspecified atom stereocenters. The summed E-state index contributed by atoms with van der Waals surface area (Å²) in [4.78, 5) is 13.4. The number of hydrogen-bond donors (Lipinski definition) is 2. The average Bonchev–Trinajstić information content (AvgIpc) is 2.78. The highest BCUT2D eigenvalue weighted by molar-refractivity contribution is 5.79. The molecule has 0 radical (unpaired) electrons. The number of amides is 1. The first-order valence-corrected chi connectivity index (χ1v) is 5.21. The molecular formula is C11H14FN3O. The van der Waals surface area contributed by atoms with E-state index >= 15 is 0 Å². The molecule has 1 heterocycles. The Hall–Kier alpha value is -1.62. The standard InChI is InChI=1S/C11H14FN3O/c12-9-1-3-10(4-2-9)15-6-5-8(7-15)11(16)14-13/h1-4,8H,5-7,13H2,(H,14,16). The van der Waals surface area contributed by atoms with E-state index in [2.05, 4.69) is 10.3 Å². The Labute approximate surface area is 93.2 Å². The van der Waals surface area contributed by atoms with E-state index in [0.29, 0.717) is 6.54 Å². The van der Waals surface area contributed by atoms with Gasteiger partial charge in [0.05, 0.1) is 5.92 Å². The van der Waals surface area contributed by atoms with Crippen LogP contribution in [0.3, 0.4) is 0 Å². The first-order chi connectivity index (χ1) is 7.70. The maximum Gasteiger partial charge on any atom is 0.238 e. The molecule has 0 bridgehead atoms. The van der Waals surface area contributed by atoms with Crippen molar-refractivity contribution in [2.24, 2.45) is 11.8 Å². The first-order valence-electron chi connectivity index (χ1n) is 5.21. The zero-order valence-corrected chi connectivity index (χ0v) is 8.82. The Bertz CT molecular complexity index is 379. The summed E-state index contributed by atoms with van der Waals surface area (Å²) in [6.45, 7) is 1.43. The van der Waals surface area contributed by atoms with Gasteiger partial charge in [-0.25, -0.2) is 10.2 Å². The highest BCUT2D eigenvalue weighted by Gasteiger charge is 2.27. The number of nitrogens with one attached hydrogen (secondary N) is 1. The van der Waals surface area contributed by atoms with Crippen molar-refractivity contribution < 1.29 is 9.18 Å². The van der Waals surface area contributed by atoms with Crippen LogP contribution in [0.25, 0.3) is 0 Å². The lowest BCUT2D eigenvalue weighted by molar-refractivity contribution is -0.124. The van der Waals surface area contributed by atoms with Gasteiger partial charge in [0.25, 0.3) is 0 Å². The Morgan fingerprint density at radius 1 is 1.44 bits per heavy atom. The van der Waals surface area contributed by atoms with Crippen molar-refractivity contribution in [1.82, 2.24) is 5.43 Å². The maximum atomic E-state index is 12.7. The zero-order chi connectivity index (χ0) is 11.5. The van der Waals surface area contributed by atoms with Crippen LogP contribution in [0.2, 0.25) is 0 Å². The molecule has 0 spiro atoms. The first kappa shape index (κ1) is 10.9. The van der Waals surface area contributed by atoms with Gasteiger partial charge in [0.15, 0.2) is 0 Å². The van der Waals surface area contributed by atoms with E-state index in [4.69, 9.17) is 5.84 Å². The van der Waals surface area contributed by atoms with E-state index in [1.807, 2.05) is 0 Å². The molecule has 0 aliphatic carbocycles. The van der Waals surface area contributed by atoms with Gasteiger partial charge in [0, 0.05) is 18.8 Å². The number of benzene rings is 1. The molecule has 1 atom stereocenters. The van der Waals surface area contributed by atoms with Gasteiger partial charge in [-0.05, 0) is 30.7 Å². The molecule has 1 aromatic carbocycles. The predicted octanol–water partition coefficient (Wildman–Crippen LogP) is 0.642. The highest BCUT2D eigenvalue weighted by Crippen LogP contribution is 2.23. The summed E-state index contributed by atoms with van der Waals surface area (Å²) >= 11 is 0. The van der Waals surface area contributed by atoms with Gasteiger partial charge in [-0.1, -0.05) is 0 Å². The minimum atomic E-state index is -0.251. The van der Waals surface area contributed by atoms with Gasteiger partial charge in [-0.15, -0.1) is 0 Å². The molecule has 1 aliphatic heterocycles. The third kappa shape index (κ3) is 2.14. The van der Waals surface area contributed by atoms with E-state index in [0.717, 1.165) is 18.7 Å². The Balaban J connectivity index is 2.03. The minimum Gasteiger partial charge on any atom is -0.371 e. The van der Waals surface area contributed by atoms with Gasteiger partial charge in [-0.2, -0.15) is 0 Å². The Kier molecular flexibility index (Phi) is 3.05. The molecule has 1 saturated heterocycles. The molecule has 1 aliphatic rings. The molecule has 86 valence electrons. The van der Waals surface area contributed by atoms with E-state index in [1.54, 1.807) is 12.1 Å². The molecule has 5 heteroatoms. The molecule has 1 fully saturated rings. The fourth-order valence-corrected chi connectivity index (χ4v) is 1.98. The number of carbonyl (C=O) groups excluding carboxylic acids is 1. The van der Waals surface area contributed by atoms with Crippen LogP contribution < -0.4 is 16.2 Å². The number of hydrogen-bond acceptors (Lipinski definition) is 3. The molecule has 16 heavy (non-hydrogen) atoms. The van der Waals surface area contributed by atoms with Crippen LogP contribution in [-0.4, -0.2) is 19.0 Å². The second-order valence-electron chi connectivity index (χ2n) is 3.92. The molecule has 0 saturated carbocycles. The lowest BCUT2D eigenvalue weighted by Crippen LogP contribution is -2.37. The van der Waals surface area contributed by atoms with Crippen molar-refractivity contribution in [3.63, 3.8) is 0 Å². The van der Waals surface area contributed by atoms with Crippen LogP contribution in [0, 0.1) is 11.7 Å². The SMILES string of the molecule is NNC(=O)C1CCN(c2ccc(F)cc2)C1. The van der Waals surface area contributed by atoms with Crippen molar-refractivity contribution in [2.45, 2.75) is 6.42 Å². The molecule has 1 aromatic rings. The van der Waals surface area contributed by atoms with Gasteiger partial charge < -0.3 is 4.90 Å². The van der Waals surface area contributed by atoms with Crippen LogP contribution in [0.1, 0.15) is 6.42 Å². The van der Waals surface area contributed by atoms with Crippen LogP contribution in [0.15, 0.2) is 24.3 Å². The molecule has 2 rings (SSSR count). The highest BCUT2D eigenvalue weighted by atomic mass is 19.1. The van der Waals surface area contributed by atoms with Gasteiger partial charge in [0.1, 0.15) is 5.82 Å². The van der Waals surface area contributed by atoms with Crippen LogP contribution in [0.5, 0.6) is 0 Å². The second kappa shape index (κ2) is 4.49. The number of hydrazine groups is 1. The third-order valence-electron chi connectivity index (χ3n) is 2.89. The van der Waals surface area contributed by atoms with Crippen molar-refractivity contribution in [3.05, 3.63) is 30.1 Å². The second-order valence-corrected chi connectivity index (χ2v) is 3.92. The predicted molar refractivity (Wildman–Crippen MR) is 59.1 cm³/mol. The minimum absolute atomic E-state index is 0.0740. The molecule has 1 amide bonds. The zero-order valence-electron chi connectivity index (χ0n) is 8.82. The third-order valence-corrected chi connectivity index (χ3v) is 2.89. The normalized spacial score (nSPS) is 19.9. The molecule has 4 nitrogen and oxygen atoms in total. The fourth-order valence-electron chi connectivity index (χ4n) is 1.98. The summed E-state index contributed by atoms with van der Waals surface area (Å²) in [5.41, 5.74) is 3.10. The monoisotopic (exact) mass is 223 g/mol. The number of halogens is 1. The molecule has 3 N–H and O–H groups in total. The summed E-state index contributed by atoms with van der Waals surface area (Å²) in [5, 5.41) is 0. The maximum absolute atomic E-state index is 12.7. The average molecular weight is 223 g/mol. The molecule has 0 aromatic heterocycles. The van der Waals surface area contributed by atoms with Crippen molar-refractivity contribution in [3.8, 4) is 0 Å². The number of carbonyl (C=O) groups is 1. The summed E-state index contributed by atoms with van der Waals surface area (Å²) in [5.74, 6) is 4.63. The number of rotatable bonds is 2. The van der Waals surface area contributed by atoms with Gasteiger partial charge in [0.2, 0.25) is 5.91 Å². The van der Waals surface area contributed by atoms with Crippen LogP contribution in [0.4, 0.5) is 10.1 Å². The lowest BCUT2D eigenvalue weighted by atomic mass is 10.1. The fraction of sp³-hybridized carbons (Fsp3) is 0.364. The summed E-state index contributed by atoms with van der Waals surface area (Å²) in [6, 6.07) is 6.29. The topological polar surface area (TPSA) is 58.4 Å². The van der Waals surface area contributed by atoms with E-state index in [9.17, 15) is 9.18 Å². The lowest BCUT2D eigenvalue weighted by Gasteiger charge is -2.18. The van der Waals surface area contributed by atoms with Gasteiger partial charge in [-0.3, -0.25) is 10.2 Å². The van der Waals surface area contributed by atoms with Crippen molar-refractivity contribution in [1.29, 1.82) is 0 Å². The molecular weight excluding hydrogens is 209 g/mol. The van der Waals surface area contributed by atoms with Crippen molar-refractivity contribution >= 4 is 11.6 Å². The number of nitrogens with zero attached hydrogens (tertiary/aromatic N) is 1. The summed E-state index contributed by atoms with van der Waals surface area (Å²) in [7, 11) is 0. The van der Waals surface area contributed by atoms with E-state index in [1.165, 1.54) is 12.1 Å². The summed E-state index contributed by atoms with van der Waals surface area (Å²) in [6.07, 6.45) is 0.778. The van der Waals surface area contributed by atoms with Gasteiger partial charge >= 0.3 is 0 Å². The van der Waals surface area contributed by atoms with Crippen LogP contribution in [-0.2, 0) is 4.79 Å².